The summed E-state index contributed by atoms with van der Waals surface area (Å²) >= 11 is 0. The number of alkyl halides is 1. The fraction of sp³-hybridized carbons (Fsp3) is 0.310. The lowest BCUT2D eigenvalue weighted by molar-refractivity contribution is 0.0224. The molecule has 2 aromatic carbocycles. The fourth-order valence-corrected chi connectivity index (χ4v) is 6.72. The second-order valence-corrected chi connectivity index (χ2v) is 11.9. The molecule has 4 unspecified atom stereocenters. The first-order chi connectivity index (χ1) is 19.0. The number of allylic oxidation sites excluding steroid dienone is 3. The summed E-state index contributed by atoms with van der Waals surface area (Å²) in [7, 11) is -3.94. The smallest absolute Gasteiger partial charge is 0.264 e. The van der Waals surface area contributed by atoms with Crippen LogP contribution in [0.3, 0.4) is 0 Å². The number of piperazine rings is 1. The first-order valence-corrected chi connectivity index (χ1v) is 14.4. The van der Waals surface area contributed by atoms with Gasteiger partial charge in [0.25, 0.3) is 15.9 Å². The molecule has 2 aliphatic rings. The van der Waals surface area contributed by atoms with E-state index >= 15 is 0 Å². The number of benzene rings is 2. The summed E-state index contributed by atoms with van der Waals surface area (Å²) in [5, 5.41) is 0.698. The summed E-state index contributed by atoms with van der Waals surface area (Å²) in [6.07, 6.45) is 1.76. The van der Waals surface area contributed by atoms with E-state index in [2.05, 4.69) is 9.71 Å². The number of carbonyl (C=O) groups is 1. The lowest BCUT2D eigenvalue weighted by atomic mass is 9.95. The molecule has 5 rings (SSSR count). The Labute approximate surface area is 231 Å². The van der Waals surface area contributed by atoms with Crippen molar-refractivity contribution in [3.63, 3.8) is 0 Å². The first kappa shape index (κ1) is 27.9. The zero-order valence-electron chi connectivity index (χ0n) is 22.0. The zero-order valence-corrected chi connectivity index (χ0v) is 22.8. The average Bonchev–Trinajstić information content (AvgIpc) is 2.92. The highest BCUT2D eigenvalue weighted by molar-refractivity contribution is 7.93. The third kappa shape index (κ3) is 5.48. The molecule has 0 saturated carbocycles. The number of halogens is 3. The van der Waals surface area contributed by atoms with E-state index in [-0.39, 0.29) is 29.4 Å². The Balaban J connectivity index is 1.26. The highest BCUT2D eigenvalue weighted by atomic mass is 32.2. The molecule has 1 amide bonds. The number of amides is 1. The number of hydrogen-bond donors (Lipinski definition) is 1. The number of pyridine rings is 1. The molecule has 4 atom stereocenters. The van der Waals surface area contributed by atoms with Crippen LogP contribution in [0.5, 0.6) is 0 Å². The Bertz CT molecular complexity index is 1580. The van der Waals surface area contributed by atoms with E-state index in [1.54, 1.807) is 41.3 Å². The van der Waals surface area contributed by atoms with Crippen molar-refractivity contribution in [2.24, 2.45) is 5.92 Å². The maximum absolute atomic E-state index is 14.3. The molecule has 1 aliphatic heterocycles. The van der Waals surface area contributed by atoms with Crippen molar-refractivity contribution in [3.05, 3.63) is 90.2 Å². The van der Waals surface area contributed by atoms with E-state index in [4.69, 9.17) is 0 Å². The van der Waals surface area contributed by atoms with Crippen LogP contribution in [0.1, 0.15) is 24.2 Å². The van der Waals surface area contributed by atoms with Crippen molar-refractivity contribution in [2.75, 3.05) is 24.4 Å². The standard InChI is InChI=1S/C29H29F3N4O3S/c1-18-15-35(17-23-24(30)12-13-25(31)27(23)32)16-19(2)36(18)29(37)21-8-10-22(11-9-21)34-40(38,39)26-7-3-5-20-6-4-14-33-28(20)26/h3-14,18-19,23-24,34H,15-17H2,1-2H3. The van der Waals surface area contributed by atoms with Crippen LogP contribution in [-0.2, 0) is 10.0 Å². The second-order valence-electron chi connectivity index (χ2n) is 10.2. The van der Waals surface area contributed by atoms with Crippen LogP contribution in [-0.4, -0.2) is 67.0 Å². The minimum atomic E-state index is -3.94. The fourth-order valence-electron chi connectivity index (χ4n) is 5.48. The normalized spacial score (nSPS) is 24.0. The number of carbonyl (C=O) groups excluding carboxylic acids is 1. The predicted molar refractivity (Wildman–Crippen MR) is 147 cm³/mol. The van der Waals surface area contributed by atoms with Crippen LogP contribution in [0, 0.1) is 5.92 Å². The van der Waals surface area contributed by atoms with Gasteiger partial charge in [-0.25, -0.2) is 21.6 Å². The molecule has 1 fully saturated rings. The zero-order chi connectivity index (χ0) is 28.6. The van der Waals surface area contributed by atoms with Gasteiger partial charge in [-0.05, 0) is 62.4 Å². The van der Waals surface area contributed by atoms with E-state index in [1.807, 2.05) is 18.7 Å². The van der Waals surface area contributed by atoms with Gasteiger partial charge in [-0.3, -0.25) is 19.4 Å². The topological polar surface area (TPSA) is 82.6 Å². The molecular formula is C29H29F3N4O3S. The molecule has 1 aromatic heterocycles. The summed E-state index contributed by atoms with van der Waals surface area (Å²) in [4.78, 5) is 21.2. The van der Waals surface area contributed by atoms with Crippen molar-refractivity contribution in [1.29, 1.82) is 0 Å². The first-order valence-electron chi connectivity index (χ1n) is 12.9. The van der Waals surface area contributed by atoms with Gasteiger partial charge in [0.05, 0.1) is 11.4 Å². The molecule has 3 aromatic rings. The largest absolute Gasteiger partial charge is 0.331 e. The lowest BCUT2D eigenvalue weighted by Gasteiger charge is -2.45. The van der Waals surface area contributed by atoms with Gasteiger partial charge in [-0.2, -0.15) is 0 Å². The molecule has 2 heterocycles. The number of rotatable bonds is 6. The average molecular weight is 571 g/mol. The number of hydrogen-bond acceptors (Lipinski definition) is 5. The van der Waals surface area contributed by atoms with Gasteiger partial charge in [-0.15, -0.1) is 0 Å². The molecule has 0 bridgehead atoms. The van der Waals surface area contributed by atoms with E-state index in [9.17, 15) is 26.4 Å². The number of sulfonamides is 1. The van der Waals surface area contributed by atoms with Crippen LogP contribution in [0.4, 0.5) is 18.9 Å². The van der Waals surface area contributed by atoms with Crippen molar-refractivity contribution >= 4 is 32.5 Å². The van der Waals surface area contributed by atoms with Crippen molar-refractivity contribution in [1.82, 2.24) is 14.8 Å². The molecule has 1 aliphatic carbocycles. The Kier molecular flexibility index (Phi) is 7.70. The maximum Gasteiger partial charge on any atom is 0.264 e. The van der Waals surface area contributed by atoms with Crippen LogP contribution in [0.25, 0.3) is 10.9 Å². The Morgan fingerprint density at radius 2 is 1.70 bits per heavy atom. The molecule has 0 radical (unpaired) electrons. The van der Waals surface area contributed by atoms with Gasteiger partial charge in [0.2, 0.25) is 0 Å². The highest BCUT2D eigenvalue weighted by Crippen LogP contribution is 2.32. The molecule has 0 spiro atoms. The Hall–Kier alpha value is -3.70. The minimum Gasteiger partial charge on any atom is -0.331 e. The SMILES string of the molecule is CC1CN(CC2C(F)=C(F)C=CC2F)CC(C)N1C(=O)c1ccc(NS(=O)(=O)c2cccc3cccnc23)cc1. The second kappa shape index (κ2) is 11.1. The van der Waals surface area contributed by atoms with E-state index in [0.717, 1.165) is 12.2 Å². The summed E-state index contributed by atoms with van der Waals surface area (Å²) in [5.74, 6) is -3.59. The van der Waals surface area contributed by atoms with Gasteiger partial charge >= 0.3 is 0 Å². The van der Waals surface area contributed by atoms with Crippen molar-refractivity contribution in [3.8, 4) is 0 Å². The monoisotopic (exact) mass is 570 g/mol. The predicted octanol–water partition coefficient (Wildman–Crippen LogP) is 5.25. The van der Waals surface area contributed by atoms with Crippen LogP contribution < -0.4 is 4.72 Å². The van der Waals surface area contributed by atoms with Gasteiger partial charge in [-0.1, -0.05) is 18.2 Å². The third-order valence-corrected chi connectivity index (χ3v) is 8.73. The molecule has 210 valence electrons. The van der Waals surface area contributed by atoms with Gasteiger partial charge in [0.15, 0.2) is 5.83 Å². The maximum atomic E-state index is 14.3. The molecule has 1 N–H and O–H groups in total. The van der Waals surface area contributed by atoms with E-state index in [1.165, 1.54) is 24.4 Å². The van der Waals surface area contributed by atoms with Crippen molar-refractivity contribution < 1.29 is 26.4 Å². The van der Waals surface area contributed by atoms with Crippen LogP contribution in [0.15, 0.2) is 89.5 Å². The number of para-hydroxylation sites is 1. The minimum absolute atomic E-state index is 0.00251. The van der Waals surface area contributed by atoms with Gasteiger partial charge in [0, 0.05) is 54.6 Å². The molecule has 11 heteroatoms. The summed E-state index contributed by atoms with van der Waals surface area (Å²) < 4.78 is 70.9. The Morgan fingerprint density at radius 1 is 1.02 bits per heavy atom. The summed E-state index contributed by atoms with van der Waals surface area (Å²) in [6.45, 7) is 4.44. The van der Waals surface area contributed by atoms with Crippen LogP contribution >= 0.6 is 0 Å². The molecule has 7 nitrogen and oxygen atoms in total. The number of aromatic nitrogens is 1. The van der Waals surface area contributed by atoms with Gasteiger partial charge in [0.1, 0.15) is 16.9 Å². The quantitative estimate of drug-likeness (QED) is 0.438. The molecular weight excluding hydrogens is 541 g/mol. The Morgan fingerprint density at radius 3 is 2.40 bits per heavy atom. The van der Waals surface area contributed by atoms with Crippen molar-refractivity contribution in [2.45, 2.75) is 37.0 Å². The number of nitrogens with zero attached hydrogens (tertiary/aromatic N) is 3. The summed E-state index contributed by atoms with van der Waals surface area (Å²) in [5.41, 5.74) is 1.02. The number of nitrogens with one attached hydrogen (secondary N) is 1. The number of fused-ring (bicyclic) bond motifs is 1. The molecule has 1 saturated heterocycles. The number of anilines is 1. The summed E-state index contributed by atoms with van der Waals surface area (Å²) in [6, 6.07) is 14.0. The van der Waals surface area contributed by atoms with E-state index < -0.39 is 33.8 Å². The highest BCUT2D eigenvalue weighted by Gasteiger charge is 2.37. The van der Waals surface area contributed by atoms with E-state index in [0.29, 0.717) is 35.2 Å². The third-order valence-electron chi connectivity index (χ3n) is 7.32. The van der Waals surface area contributed by atoms with Crippen LogP contribution in [0.2, 0.25) is 0 Å². The molecule has 40 heavy (non-hydrogen) atoms. The van der Waals surface area contributed by atoms with Gasteiger partial charge < -0.3 is 4.90 Å². The lowest BCUT2D eigenvalue weighted by Crippen LogP contribution is -2.59.